The largest absolute Gasteiger partial charge is 0.507 e. The minimum absolute atomic E-state index is 0.165. The highest BCUT2D eigenvalue weighted by Gasteiger charge is 2.13. The molecule has 0 bridgehead atoms. The summed E-state index contributed by atoms with van der Waals surface area (Å²) in [6, 6.07) is 15.9. The van der Waals surface area contributed by atoms with Crippen LogP contribution in [0.4, 0.5) is 16.3 Å². The Morgan fingerprint density at radius 1 is 1.12 bits per heavy atom. The summed E-state index contributed by atoms with van der Waals surface area (Å²) in [5, 5.41) is 23.7. The molecule has 4 N–H and O–H groups in total. The van der Waals surface area contributed by atoms with E-state index in [1.807, 2.05) is 30.3 Å². The minimum Gasteiger partial charge on any atom is -0.507 e. The molecule has 0 aliphatic rings. The molecule has 9 nitrogen and oxygen atoms in total. The number of phenols is 1. The lowest BCUT2D eigenvalue weighted by Crippen LogP contribution is -2.29. The molecule has 2 aromatic carbocycles. The van der Waals surface area contributed by atoms with Gasteiger partial charge in [-0.3, -0.25) is 0 Å². The zero-order chi connectivity index (χ0) is 23.9. The topological polar surface area (TPSA) is 113 Å². The molecule has 34 heavy (non-hydrogen) atoms. The fourth-order valence-corrected chi connectivity index (χ4v) is 3.82. The summed E-state index contributed by atoms with van der Waals surface area (Å²) in [7, 11) is 1.56. The van der Waals surface area contributed by atoms with E-state index in [-0.39, 0.29) is 11.8 Å². The van der Waals surface area contributed by atoms with Crippen LogP contribution in [0.15, 0.2) is 65.3 Å². The lowest BCUT2D eigenvalue weighted by molar-refractivity contribution is 0.252. The molecule has 0 fully saturated rings. The van der Waals surface area contributed by atoms with Crippen molar-refractivity contribution < 1.29 is 14.6 Å². The number of benzene rings is 2. The number of nitrogens with zero attached hydrogens (tertiary/aromatic N) is 3. The van der Waals surface area contributed by atoms with Gasteiger partial charge in [-0.25, -0.2) is 9.78 Å². The second kappa shape index (κ2) is 10.9. The van der Waals surface area contributed by atoms with Crippen molar-refractivity contribution in [1.29, 1.82) is 0 Å². The predicted molar refractivity (Wildman–Crippen MR) is 136 cm³/mol. The van der Waals surface area contributed by atoms with Gasteiger partial charge in [0.1, 0.15) is 17.3 Å². The summed E-state index contributed by atoms with van der Waals surface area (Å²) in [6.07, 6.45) is 3.30. The van der Waals surface area contributed by atoms with Crippen molar-refractivity contribution in [3.8, 4) is 22.8 Å². The third kappa shape index (κ3) is 5.40. The molecular formula is C24H25BrN6O3. The van der Waals surface area contributed by atoms with Crippen LogP contribution in [0.3, 0.4) is 0 Å². The van der Waals surface area contributed by atoms with Gasteiger partial charge in [0, 0.05) is 24.7 Å². The molecule has 2 aromatic heterocycles. The predicted octanol–water partition coefficient (Wildman–Crippen LogP) is 4.89. The quantitative estimate of drug-likeness (QED) is 0.232. The fourth-order valence-electron chi connectivity index (χ4n) is 3.47. The first-order valence-electron chi connectivity index (χ1n) is 10.8. The van der Waals surface area contributed by atoms with Crippen molar-refractivity contribution in [3.63, 3.8) is 0 Å². The lowest BCUT2D eigenvalue weighted by Gasteiger charge is -2.12. The molecule has 0 atom stereocenters. The fraction of sp³-hybridized carbons (Fsp3) is 0.208. The standard InChI is InChI=1S/C24H25BrN6O3/c1-34-21-11-5-3-9-18(21)30-24(33)27-13-7-6-12-26-22-14-19(16-8-2-4-10-20(16)32)29-23-17(25)15-28-31(22)23/h2-5,8-11,14-15,26,32H,6-7,12-13H2,1H3,(H2,27,30,33). The molecule has 4 aromatic rings. The number of methoxy groups -OCH3 is 1. The maximum absolute atomic E-state index is 12.1. The monoisotopic (exact) mass is 524 g/mol. The van der Waals surface area contributed by atoms with Gasteiger partial charge < -0.3 is 25.8 Å². The summed E-state index contributed by atoms with van der Waals surface area (Å²) < 4.78 is 7.72. The van der Waals surface area contributed by atoms with Crippen LogP contribution in [0.5, 0.6) is 11.5 Å². The van der Waals surface area contributed by atoms with Gasteiger partial charge in [0.25, 0.3) is 0 Å². The molecule has 0 aliphatic heterocycles. The van der Waals surface area contributed by atoms with E-state index in [4.69, 9.17) is 4.74 Å². The van der Waals surface area contributed by atoms with E-state index in [0.717, 1.165) is 23.1 Å². The van der Waals surface area contributed by atoms with Crippen LogP contribution in [-0.2, 0) is 0 Å². The summed E-state index contributed by atoms with van der Waals surface area (Å²) in [5.74, 6) is 1.54. The number of halogens is 1. The number of urea groups is 1. The van der Waals surface area contributed by atoms with E-state index in [0.29, 0.717) is 41.4 Å². The summed E-state index contributed by atoms with van der Waals surface area (Å²) in [6.45, 7) is 1.21. The number of phenolic OH excluding ortho intramolecular Hbond substituents is 1. The number of hydrogen-bond donors (Lipinski definition) is 4. The normalized spacial score (nSPS) is 10.8. The van der Waals surface area contributed by atoms with Crippen molar-refractivity contribution >= 4 is 39.1 Å². The number of hydrogen-bond acceptors (Lipinski definition) is 6. The van der Waals surface area contributed by atoms with Gasteiger partial charge in [-0.1, -0.05) is 24.3 Å². The van der Waals surface area contributed by atoms with Crippen molar-refractivity contribution in [3.05, 3.63) is 65.3 Å². The van der Waals surface area contributed by atoms with E-state index in [1.165, 1.54) is 0 Å². The first kappa shape index (κ1) is 23.4. The number of anilines is 2. The van der Waals surface area contributed by atoms with Crippen LogP contribution in [0.1, 0.15) is 12.8 Å². The van der Waals surface area contributed by atoms with Gasteiger partial charge >= 0.3 is 6.03 Å². The molecule has 0 spiro atoms. The number of carbonyl (C=O) groups excluding carboxylic acids is 1. The second-order valence-corrected chi connectivity index (χ2v) is 8.34. The SMILES string of the molecule is COc1ccccc1NC(=O)NCCCCNc1cc(-c2ccccc2O)nc2c(Br)cnn12. The zero-order valence-corrected chi connectivity index (χ0v) is 20.2. The van der Waals surface area contributed by atoms with Gasteiger partial charge in [0.2, 0.25) is 0 Å². The summed E-state index contributed by atoms with van der Waals surface area (Å²) in [5.41, 5.74) is 2.56. The van der Waals surface area contributed by atoms with E-state index in [9.17, 15) is 9.90 Å². The van der Waals surface area contributed by atoms with Crippen LogP contribution < -0.4 is 20.7 Å². The molecule has 0 unspecified atom stereocenters. The molecule has 176 valence electrons. The Bertz CT molecular complexity index is 1290. The van der Waals surface area contributed by atoms with Gasteiger partial charge in [-0.15, -0.1) is 0 Å². The first-order valence-corrected chi connectivity index (χ1v) is 11.6. The highest BCUT2D eigenvalue weighted by Crippen LogP contribution is 2.31. The van der Waals surface area contributed by atoms with Crippen LogP contribution in [0.25, 0.3) is 16.9 Å². The zero-order valence-electron chi connectivity index (χ0n) is 18.6. The van der Waals surface area contributed by atoms with Crippen molar-refractivity contribution in [2.24, 2.45) is 0 Å². The molecule has 0 saturated heterocycles. The highest BCUT2D eigenvalue weighted by molar-refractivity contribution is 9.10. The summed E-state index contributed by atoms with van der Waals surface area (Å²) >= 11 is 3.48. The third-order valence-corrected chi connectivity index (χ3v) is 5.72. The Kier molecular flexibility index (Phi) is 7.48. The number of rotatable bonds is 9. The Labute approximate surface area is 205 Å². The Morgan fingerprint density at radius 3 is 2.71 bits per heavy atom. The number of aromatic nitrogens is 3. The van der Waals surface area contributed by atoms with Crippen molar-refractivity contribution in [2.45, 2.75) is 12.8 Å². The van der Waals surface area contributed by atoms with Gasteiger partial charge in [0.05, 0.1) is 29.2 Å². The maximum Gasteiger partial charge on any atom is 0.319 e. The third-order valence-electron chi connectivity index (χ3n) is 5.16. The molecule has 2 heterocycles. The number of nitrogens with one attached hydrogen (secondary N) is 3. The van der Waals surface area contributed by atoms with Crippen LogP contribution in [-0.4, -0.2) is 45.9 Å². The second-order valence-electron chi connectivity index (χ2n) is 7.49. The molecule has 0 aliphatic carbocycles. The van der Waals surface area contributed by atoms with Crippen LogP contribution in [0, 0.1) is 0 Å². The first-order chi connectivity index (χ1) is 16.6. The lowest BCUT2D eigenvalue weighted by atomic mass is 10.1. The molecule has 0 radical (unpaired) electrons. The molecular weight excluding hydrogens is 500 g/mol. The van der Waals surface area contributed by atoms with Crippen molar-refractivity contribution in [1.82, 2.24) is 19.9 Å². The Balaban J connectivity index is 1.32. The number of fused-ring (bicyclic) bond motifs is 1. The van der Waals surface area contributed by atoms with E-state index in [2.05, 4.69) is 42.0 Å². The number of para-hydroxylation sites is 3. The number of amides is 2. The number of aromatic hydroxyl groups is 1. The molecule has 0 saturated carbocycles. The number of unbranched alkanes of at least 4 members (excludes halogenated alkanes) is 1. The average molecular weight is 525 g/mol. The van der Waals surface area contributed by atoms with Gasteiger partial charge in [0.15, 0.2) is 5.65 Å². The Hall–Kier alpha value is -3.79. The highest BCUT2D eigenvalue weighted by atomic mass is 79.9. The summed E-state index contributed by atoms with van der Waals surface area (Å²) in [4.78, 5) is 16.8. The van der Waals surface area contributed by atoms with Crippen LogP contribution >= 0.6 is 15.9 Å². The smallest absolute Gasteiger partial charge is 0.319 e. The minimum atomic E-state index is -0.276. The van der Waals surface area contributed by atoms with Gasteiger partial charge in [-0.05, 0) is 53.0 Å². The maximum atomic E-state index is 12.1. The van der Waals surface area contributed by atoms with Crippen LogP contribution in [0.2, 0.25) is 0 Å². The molecule has 4 rings (SSSR count). The Morgan fingerprint density at radius 2 is 1.88 bits per heavy atom. The van der Waals surface area contributed by atoms with E-state index >= 15 is 0 Å². The molecule has 2 amide bonds. The van der Waals surface area contributed by atoms with E-state index < -0.39 is 0 Å². The van der Waals surface area contributed by atoms with Gasteiger partial charge in [-0.2, -0.15) is 9.61 Å². The molecule has 10 heteroatoms. The number of carbonyl (C=O) groups is 1. The van der Waals surface area contributed by atoms with E-state index in [1.54, 1.807) is 42.1 Å². The average Bonchev–Trinajstić information content (AvgIpc) is 3.22. The number of ether oxygens (including phenoxy) is 1. The van der Waals surface area contributed by atoms with Crippen molar-refractivity contribution in [2.75, 3.05) is 30.8 Å².